The molecule has 1 amide bonds. The van der Waals surface area contributed by atoms with Crippen molar-refractivity contribution in [3.63, 3.8) is 0 Å². The lowest BCUT2D eigenvalue weighted by Crippen LogP contribution is -2.53. The molecule has 0 aliphatic carbocycles. The third-order valence-electron chi connectivity index (χ3n) is 4.39. The Labute approximate surface area is 123 Å². The molecule has 114 valence electrons. The molecule has 0 radical (unpaired) electrons. The highest BCUT2D eigenvalue weighted by molar-refractivity contribution is 5.98. The van der Waals surface area contributed by atoms with Crippen molar-refractivity contribution in [1.29, 1.82) is 0 Å². The number of piperidine rings is 1. The monoisotopic (exact) mass is 291 g/mol. The summed E-state index contributed by atoms with van der Waals surface area (Å²) in [5, 5.41) is 6.94. The number of Topliss-reactive ketones (excluding diaryl/α,β-unsaturated/α-hetero) is 1. The van der Waals surface area contributed by atoms with Crippen LogP contribution in [0.5, 0.6) is 0 Å². The Balaban J connectivity index is 1.67. The van der Waals surface area contributed by atoms with Gasteiger partial charge in [0.15, 0.2) is 5.78 Å². The number of ether oxygens (including phenoxy) is 1. The summed E-state index contributed by atoms with van der Waals surface area (Å²) in [5.74, 6) is -0.140. The summed E-state index contributed by atoms with van der Waals surface area (Å²) in [4.78, 5) is 26.3. The third kappa shape index (κ3) is 2.60. The molecule has 2 saturated heterocycles. The smallest absolute Gasteiger partial charge is 0.274 e. The summed E-state index contributed by atoms with van der Waals surface area (Å²) >= 11 is 0. The fraction of sp³-hybridized carbons (Fsp3) is 0.667. The van der Waals surface area contributed by atoms with Crippen LogP contribution in [0.4, 0.5) is 0 Å². The van der Waals surface area contributed by atoms with Gasteiger partial charge in [0.1, 0.15) is 11.3 Å². The minimum Gasteiger partial charge on any atom is -0.367 e. The fourth-order valence-corrected chi connectivity index (χ4v) is 3.17. The number of amides is 1. The number of ketones is 1. The average Bonchev–Trinajstić information content (AvgIpc) is 3.12. The van der Waals surface area contributed by atoms with Crippen molar-refractivity contribution in [1.82, 2.24) is 15.1 Å². The van der Waals surface area contributed by atoms with Crippen molar-refractivity contribution in [2.75, 3.05) is 19.7 Å². The Hall–Kier alpha value is -1.69. The van der Waals surface area contributed by atoms with Crippen molar-refractivity contribution in [2.24, 2.45) is 0 Å². The lowest BCUT2D eigenvalue weighted by molar-refractivity contribution is -0.144. The first-order chi connectivity index (χ1) is 10.1. The molecule has 0 bridgehead atoms. The number of hydrogen-bond acceptors (Lipinski definition) is 4. The van der Waals surface area contributed by atoms with E-state index in [-0.39, 0.29) is 18.2 Å². The van der Waals surface area contributed by atoms with Gasteiger partial charge in [-0.2, -0.15) is 5.10 Å². The van der Waals surface area contributed by atoms with Crippen LogP contribution in [0.3, 0.4) is 0 Å². The number of nitrogens with one attached hydrogen (secondary N) is 1. The molecule has 6 nitrogen and oxygen atoms in total. The third-order valence-corrected chi connectivity index (χ3v) is 4.39. The summed E-state index contributed by atoms with van der Waals surface area (Å²) in [6, 6.07) is 1.78. The molecule has 2 aliphatic heterocycles. The van der Waals surface area contributed by atoms with Crippen molar-refractivity contribution >= 4 is 11.7 Å². The molecule has 2 aliphatic rings. The SMILES string of the molecule is CCCc1cc(C(=O)N2CC[C@@]3(CCCO3)C(=O)C2)n[nH]1. The molecule has 1 aromatic rings. The summed E-state index contributed by atoms with van der Waals surface area (Å²) < 4.78 is 5.65. The number of rotatable bonds is 3. The predicted octanol–water partition coefficient (Wildman–Crippen LogP) is 1.33. The minimum atomic E-state index is -0.615. The summed E-state index contributed by atoms with van der Waals surface area (Å²) in [5.41, 5.74) is 0.741. The van der Waals surface area contributed by atoms with Crippen molar-refractivity contribution in [3.8, 4) is 0 Å². The zero-order valence-corrected chi connectivity index (χ0v) is 12.4. The van der Waals surface area contributed by atoms with Crippen molar-refractivity contribution in [2.45, 2.75) is 44.6 Å². The maximum atomic E-state index is 12.4. The van der Waals surface area contributed by atoms with E-state index in [4.69, 9.17) is 4.74 Å². The van der Waals surface area contributed by atoms with Gasteiger partial charge in [0.25, 0.3) is 5.91 Å². The number of likely N-dealkylation sites (tertiary alicyclic amines) is 1. The zero-order chi connectivity index (χ0) is 14.9. The van der Waals surface area contributed by atoms with Gasteiger partial charge in [-0.1, -0.05) is 13.3 Å². The Kier molecular flexibility index (Phi) is 3.80. The van der Waals surface area contributed by atoms with Crippen LogP contribution in [0.15, 0.2) is 6.07 Å². The first kappa shape index (κ1) is 14.3. The van der Waals surface area contributed by atoms with E-state index in [0.717, 1.165) is 31.4 Å². The van der Waals surface area contributed by atoms with Crippen LogP contribution in [0.2, 0.25) is 0 Å². The topological polar surface area (TPSA) is 75.3 Å². The molecule has 2 fully saturated rings. The summed E-state index contributed by atoms with van der Waals surface area (Å²) in [6.07, 6.45) is 4.19. The Morgan fingerprint density at radius 1 is 1.52 bits per heavy atom. The minimum absolute atomic E-state index is 0.0314. The first-order valence-corrected chi connectivity index (χ1v) is 7.65. The van der Waals surface area contributed by atoms with E-state index in [0.29, 0.717) is 25.3 Å². The van der Waals surface area contributed by atoms with Gasteiger partial charge in [0.05, 0.1) is 6.54 Å². The number of H-pyrrole nitrogens is 1. The maximum Gasteiger partial charge on any atom is 0.274 e. The molecule has 21 heavy (non-hydrogen) atoms. The molecule has 0 saturated carbocycles. The lowest BCUT2D eigenvalue weighted by Gasteiger charge is -2.36. The van der Waals surface area contributed by atoms with Gasteiger partial charge >= 0.3 is 0 Å². The molecule has 0 aromatic carbocycles. The van der Waals surface area contributed by atoms with Crippen LogP contribution in [0.25, 0.3) is 0 Å². The Morgan fingerprint density at radius 3 is 3.05 bits per heavy atom. The number of aromatic amines is 1. The van der Waals surface area contributed by atoms with E-state index in [2.05, 4.69) is 17.1 Å². The number of hydrogen-bond donors (Lipinski definition) is 1. The molecule has 1 N–H and O–H groups in total. The van der Waals surface area contributed by atoms with Crippen LogP contribution in [-0.4, -0.2) is 52.1 Å². The van der Waals surface area contributed by atoms with Crippen LogP contribution in [0, 0.1) is 0 Å². The number of aromatic nitrogens is 2. The van der Waals surface area contributed by atoms with Gasteiger partial charge < -0.3 is 9.64 Å². The van der Waals surface area contributed by atoms with Gasteiger partial charge in [0.2, 0.25) is 0 Å². The molecular weight excluding hydrogens is 270 g/mol. The fourth-order valence-electron chi connectivity index (χ4n) is 3.17. The van der Waals surface area contributed by atoms with Crippen LogP contribution >= 0.6 is 0 Å². The van der Waals surface area contributed by atoms with E-state index in [1.54, 1.807) is 11.0 Å². The number of aryl methyl sites for hydroxylation is 1. The van der Waals surface area contributed by atoms with E-state index in [1.807, 2.05) is 0 Å². The largest absolute Gasteiger partial charge is 0.367 e. The van der Waals surface area contributed by atoms with Crippen LogP contribution in [-0.2, 0) is 16.0 Å². The van der Waals surface area contributed by atoms with Gasteiger partial charge in [-0.25, -0.2) is 0 Å². The molecule has 1 aromatic heterocycles. The van der Waals surface area contributed by atoms with E-state index >= 15 is 0 Å². The van der Waals surface area contributed by atoms with E-state index in [9.17, 15) is 9.59 Å². The molecule has 6 heteroatoms. The number of carbonyl (C=O) groups excluding carboxylic acids is 2. The average molecular weight is 291 g/mol. The highest BCUT2D eigenvalue weighted by Crippen LogP contribution is 2.33. The summed E-state index contributed by atoms with van der Waals surface area (Å²) in [6.45, 7) is 3.42. The predicted molar refractivity (Wildman–Crippen MR) is 76.0 cm³/mol. The van der Waals surface area contributed by atoms with Gasteiger partial charge in [-0.05, 0) is 25.3 Å². The summed E-state index contributed by atoms with van der Waals surface area (Å²) in [7, 11) is 0. The molecule has 1 atom stereocenters. The molecular formula is C15H21N3O3. The quantitative estimate of drug-likeness (QED) is 0.911. The molecule has 1 spiro atoms. The Bertz CT molecular complexity index is 546. The maximum absolute atomic E-state index is 12.4. The lowest BCUT2D eigenvalue weighted by atomic mass is 9.87. The molecule has 3 heterocycles. The van der Waals surface area contributed by atoms with E-state index in [1.165, 1.54) is 0 Å². The number of carbonyl (C=O) groups is 2. The molecule has 0 unspecified atom stereocenters. The standard InChI is InChI=1S/C15H21N3O3/c1-2-4-11-9-12(17-16-11)14(20)18-7-6-15(13(19)10-18)5-3-8-21-15/h9H,2-8,10H2,1H3,(H,16,17)/t15-/m0/s1. The van der Waals surface area contributed by atoms with Crippen LogP contribution in [0.1, 0.15) is 48.8 Å². The second-order valence-electron chi connectivity index (χ2n) is 5.87. The van der Waals surface area contributed by atoms with Crippen LogP contribution < -0.4 is 0 Å². The normalized spacial score (nSPS) is 25.8. The van der Waals surface area contributed by atoms with Crippen molar-refractivity contribution in [3.05, 3.63) is 17.5 Å². The second kappa shape index (κ2) is 5.60. The van der Waals surface area contributed by atoms with E-state index < -0.39 is 5.60 Å². The number of nitrogens with zero attached hydrogens (tertiary/aromatic N) is 2. The van der Waals surface area contributed by atoms with Gasteiger partial charge in [-0.15, -0.1) is 0 Å². The second-order valence-corrected chi connectivity index (χ2v) is 5.87. The molecule has 3 rings (SSSR count). The zero-order valence-electron chi connectivity index (χ0n) is 12.4. The highest BCUT2D eigenvalue weighted by atomic mass is 16.5. The first-order valence-electron chi connectivity index (χ1n) is 7.65. The highest BCUT2D eigenvalue weighted by Gasteiger charge is 2.46. The van der Waals surface area contributed by atoms with Gasteiger partial charge in [-0.3, -0.25) is 14.7 Å². The van der Waals surface area contributed by atoms with Gasteiger partial charge in [0, 0.05) is 25.3 Å². The van der Waals surface area contributed by atoms with Crippen molar-refractivity contribution < 1.29 is 14.3 Å². The Morgan fingerprint density at radius 2 is 2.38 bits per heavy atom.